The van der Waals surface area contributed by atoms with Crippen molar-refractivity contribution in [1.82, 2.24) is 10.6 Å². The second-order valence-electron chi connectivity index (χ2n) is 7.47. The van der Waals surface area contributed by atoms with Gasteiger partial charge in [-0.15, -0.1) is 0 Å². The average molecular weight is 440 g/mol. The molecule has 10 heteroatoms. The van der Waals surface area contributed by atoms with Gasteiger partial charge in [-0.05, 0) is 18.4 Å². The minimum absolute atomic E-state index is 0.196. The fraction of sp³-hybridized carbons (Fsp3) is 0.619. The highest BCUT2D eigenvalue weighted by Crippen LogP contribution is 2.19. The maximum absolute atomic E-state index is 12.0. The number of amides is 2. The van der Waals surface area contributed by atoms with E-state index in [2.05, 4.69) is 10.6 Å². The zero-order valence-electron chi connectivity index (χ0n) is 17.4. The largest absolute Gasteiger partial charge is 0.445 e. The van der Waals surface area contributed by atoms with Crippen LogP contribution in [-0.2, 0) is 20.9 Å². The Hall–Kier alpha value is -2.24. The van der Waals surface area contributed by atoms with E-state index in [1.165, 1.54) is 0 Å². The maximum atomic E-state index is 12.0. The van der Waals surface area contributed by atoms with Crippen LogP contribution in [-0.4, -0.2) is 76.2 Å². The van der Waals surface area contributed by atoms with E-state index < -0.39 is 43.3 Å². The molecule has 1 aliphatic rings. The number of rotatable bonds is 11. The molecule has 1 aliphatic heterocycles. The third kappa shape index (κ3) is 8.42. The summed E-state index contributed by atoms with van der Waals surface area (Å²) in [7, 11) is 0. The summed E-state index contributed by atoms with van der Waals surface area (Å²) in [6.07, 6.45) is -4.09. The van der Waals surface area contributed by atoms with Crippen LogP contribution in [0.2, 0.25) is 0 Å². The summed E-state index contributed by atoms with van der Waals surface area (Å²) in [4.78, 5) is 23.7. The molecule has 1 aromatic rings. The molecule has 0 spiro atoms. The predicted octanol–water partition coefficient (Wildman–Crippen LogP) is -0.221. The Morgan fingerprint density at radius 2 is 1.68 bits per heavy atom. The SMILES string of the molecule is O=C(CCCCCCNC(=O)OCc1ccccc1)N[C@@H]1O[C@H](CO)[C@@H](O)[C@H](O)[C@@H]1O. The fourth-order valence-corrected chi connectivity index (χ4v) is 3.18. The Labute approximate surface area is 181 Å². The zero-order valence-corrected chi connectivity index (χ0v) is 17.4. The molecule has 1 heterocycles. The van der Waals surface area contributed by atoms with Gasteiger partial charge in [0.05, 0.1) is 6.61 Å². The lowest BCUT2D eigenvalue weighted by atomic mass is 9.98. The van der Waals surface area contributed by atoms with Crippen molar-refractivity contribution >= 4 is 12.0 Å². The van der Waals surface area contributed by atoms with Gasteiger partial charge in [-0.25, -0.2) is 4.79 Å². The summed E-state index contributed by atoms with van der Waals surface area (Å²) in [6.45, 7) is 0.145. The number of carbonyl (C=O) groups excluding carboxylic acids is 2. The first-order valence-corrected chi connectivity index (χ1v) is 10.5. The van der Waals surface area contributed by atoms with E-state index >= 15 is 0 Å². The molecule has 31 heavy (non-hydrogen) atoms. The van der Waals surface area contributed by atoms with Crippen molar-refractivity contribution in [3.8, 4) is 0 Å². The van der Waals surface area contributed by atoms with Gasteiger partial charge in [0.15, 0.2) is 6.23 Å². The first-order valence-electron chi connectivity index (χ1n) is 10.5. The Morgan fingerprint density at radius 3 is 2.39 bits per heavy atom. The van der Waals surface area contributed by atoms with E-state index in [9.17, 15) is 24.9 Å². The van der Waals surface area contributed by atoms with Gasteiger partial charge in [-0.2, -0.15) is 0 Å². The van der Waals surface area contributed by atoms with E-state index in [1.807, 2.05) is 30.3 Å². The number of aliphatic hydroxyl groups is 4. The molecule has 0 aromatic heterocycles. The summed E-state index contributed by atoms with van der Waals surface area (Å²) >= 11 is 0. The van der Waals surface area contributed by atoms with Gasteiger partial charge in [0, 0.05) is 13.0 Å². The summed E-state index contributed by atoms with van der Waals surface area (Å²) in [6, 6.07) is 9.39. The van der Waals surface area contributed by atoms with Gasteiger partial charge in [0.1, 0.15) is 31.0 Å². The van der Waals surface area contributed by atoms with Gasteiger partial charge >= 0.3 is 6.09 Å². The highest BCUT2D eigenvalue weighted by atomic mass is 16.6. The lowest BCUT2D eigenvalue weighted by molar-refractivity contribution is -0.236. The molecule has 2 rings (SSSR count). The highest BCUT2D eigenvalue weighted by Gasteiger charge is 2.43. The third-order valence-corrected chi connectivity index (χ3v) is 5.01. The van der Waals surface area contributed by atoms with Gasteiger partial charge in [0.25, 0.3) is 0 Å². The normalized spacial score (nSPS) is 25.6. The molecule has 2 amide bonds. The van der Waals surface area contributed by atoms with Crippen LogP contribution in [0.25, 0.3) is 0 Å². The van der Waals surface area contributed by atoms with Gasteiger partial charge in [-0.3, -0.25) is 4.79 Å². The molecule has 0 radical (unpaired) electrons. The minimum atomic E-state index is -1.52. The number of nitrogens with one attached hydrogen (secondary N) is 2. The predicted molar refractivity (Wildman–Crippen MR) is 110 cm³/mol. The average Bonchev–Trinajstić information content (AvgIpc) is 2.78. The first-order chi connectivity index (χ1) is 14.9. The Balaban J connectivity index is 1.51. The fourth-order valence-electron chi connectivity index (χ4n) is 3.18. The van der Waals surface area contributed by atoms with Gasteiger partial charge in [-0.1, -0.05) is 43.2 Å². The zero-order chi connectivity index (χ0) is 22.6. The summed E-state index contributed by atoms with van der Waals surface area (Å²) in [5.41, 5.74) is 0.916. The second kappa shape index (κ2) is 13.2. The first kappa shape index (κ1) is 25.0. The van der Waals surface area contributed by atoms with Crippen LogP contribution in [0.1, 0.15) is 37.7 Å². The van der Waals surface area contributed by atoms with Crippen molar-refractivity contribution in [2.45, 2.75) is 69.4 Å². The van der Waals surface area contributed by atoms with Crippen molar-refractivity contribution in [3.63, 3.8) is 0 Å². The number of unbranched alkanes of at least 4 members (excludes halogenated alkanes) is 3. The van der Waals surface area contributed by atoms with Crippen LogP contribution in [0.5, 0.6) is 0 Å². The van der Waals surface area contributed by atoms with Crippen molar-refractivity contribution in [1.29, 1.82) is 0 Å². The van der Waals surface area contributed by atoms with Gasteiger partial charge in [0.2, 0.25) is 5.91 Å². The van der Waals surface area contributed by atoms with Crippen LogP contribution in [0.3, 0.4) is 0 Å². The Morgan fingerprint density at radius 1 is 0.968 bits per heavy atom. The molecule has 1 saturated heterocycles. The lowest BCUT2D eigenvalue weighted by Crippen LogP contribution is -2.63. The molecule has 0 bridgehead atoms. The van der Waals surface area contributed by atoms with E-state index in [1.54, 1.807) is 0 Å². The molecule has 5 atom stereocenters. The van der Waals surface area contributed by atoms with Crippen LogP contribution in [0.4, 0.5) is 4.79 Å². The highest BCUT2D eigenvalue weighted by molar-refractivity contribution is 5.76. The minimum Gasteiger partial charge on any atom is -0.445 e. The molecule has 1 fully saturated rings. The standard InChI is InChI=1S/C21H32N2O8/c24-12-15-17(26)18(27)19(28)20(31-15)23-16(25)10-6-1-2-7-11-22-21(29)30-13-14-8-4-3-5-9-14/h3-5,8-9,15,17-20,24,26-28H,1-2,6-7,10-13H2,(H,22,29)(H,23,25)/t15-,17-,18+,19+,20-/m1/s1. The van der Waals surface area contributed by atoms with Crippen LogP contribution >= 0.6 is 0 Å². The molecular formula is C21H32N2O8. The number of benzene rings is 1. The van der Waals surface area contributed by atoms with Crippen LogP contribution in [0.15, 0.2) is 30.3 Å². The third-order valence-electron chi connectivity index (χ3n) is 5.01. The van der Waals surface area contributed by atoms with E-state index in [0.29, 0.717) is 13.0 Å². The number of alkyl carbamates (subject to hydrolysis) is 1. The van der Waals surface area contributed by atoms with E-state index in [0.717, 1.165) is 24.8 Å². The summed E-state index contributed by atoms with van der Waals surface area (Å²) in [5, 5.41) is 43.7. The Bertz CT molecular complexity index is 673. The number of carbonyl (C=O) groups is 2. The van der Waals surface area contributed by atoms with E-state index in [-0.39, 0.29) is 18.9 Å². The smallest absolute Gasteiger partial charge is 0.407 e. The molecule has 0 aliphatic carbocycles. The van der Waals surface area contributed by atoms with Crippen molar-refractivity contribution in [2.24, 2.45) is 0 Å². The Kier molecular flexibility index (Phi) is 10.7. The molecule has 6 N–H and O–H groups in total. The molecule has 10 nitrogen and oxygen atoms in total. The van der Waals surface area contributed by atoms with Crippen LogP contribution in [0, 0.1) is 0 Å². The number of hydrogen-bond donors (Lipinski definition) is 6. The molecule has 174 valence electrons. The maximum Gasteiger partial charge on any atom is 0.407 e. The molecule has 0 saturated carbocycles. The number of hydrogen-bond acceptors (Lipinski definition) is 8. The number of ether oxygens (including phenoxy) is 2. The topological polar surface area (TPSA) is 158 Å². The van der Waals surface area contributed by atoms with Crippen molar-refractivity contribution in [2.75, 3.05) is 13.2 Å². The summed E-state index contributed by atoms with van der Waals surface area (Å²) in [5.74, 6) is -0.369. The second-order valence-corrected chi connectivity index (χ2v) is 7.47. The van der Waals surface area contributed by atoms with Crippen molar-refractivity contribution < 1.29 is 39.5 Å². The van der Waals surface area contributed by atoms with Crippen LogP contribution < -0.4 is 10.6 Å². The van der Waals surface area contributed by atoms with E-state index in [4.69, 9.17) is 14.6 Å². The lowest BCUT2D eigenvalue weighted by Gasteiger charge is -2.40. The number of aliphatic hydroxyl groups excluding tert-OH is 4. The molecular weight excluding hydrogens is 408 g/mol. The monoisotopic (exact) mass is 440 g/mol. The van der Waals surface area contributed by atoms with Gasteiger partial charge < -0.3 is 40.5 Å². The van der Waals surface area contributed by atoms with Crippen molar-refractivity contribution in [3.05, 3.63) is 35.9 Å². The molecule has 1 aromatic carbocycles. The molecule has 0 unspecified atom stereocenters. The quantitative estimate of drug-likeness (QED) is 0.258. The summed E-state index contributed by atoms with van der Waals surface area (Å²) < 4.78 is 10.4.